The first kappa shape index (κ1) is 17.6. The summed E-state index contributed by atoms with van der Waals surface area (Å²) in [6, 6.07) is 10.6. The van der Waals surface area contributed by atoms with Gasteiger partial charge in [0.25, 0.3) is 0 Å². The van der Waals surface area contributed by atoms with Crippen LogP contribution in [0.25, 0.3) is 0 Å². The molecule has 0 radical (unpaired) electrons. The summed E-state index contributed by atoms with van der Waals surface area (Å²) in [6.07, 6.45) is 1.05. The Labute approximate surface area is 135 Å². The SMILES string of the molecule is CN(Cc1ccc(F)cc1)S(=O)(=O)c1ccc(S(C)(=O)=O)cc1. The second kappa shape index (κ2) is 6.38. The summed E-state index contributed by atoms with van der Waals surface area (Å²) >= 11 is 0. The first-order valence-corrected chi connectivity index (χ1v) is 9.95. The summed E-state index contributed by atoms with van der Waals surface area (Å²) in [6.45, 7) is 0.0798. The molecule has 0 N–H and O–H groups in total. The molecule has 0 spiro atoms. The van der Waals surface area contributed by atoms with Crippen molar-refractivity contribution in [2.45, 2.75) is 16.3 Å². The van der Waals surface area contributed by atoms with E-state index in [1.54, 1.807) is 0 Å². The third-order valence-electron chi connectivity index (χ3n) is 3.28. The molecule has 0 fully saturated rings. The average molecular weight is 357 g/mol. The highest BCUT2D eigenvalue weighted by atomic mass is 32.2. The molecule has 2 rings (SSSR count). The fourth-order valence-electron chi connectivity index (χ4n) is 1.97. The number of rotatable bonds is 5. The Kier molecular flexibility index (Phi) is 4.88. The van der Waals surface area contributed by atoms with Crippen LogP contribution < -0.4 is 0 Å². The molecule has 0 aliphatic rings. The quantitative estimate of drug-likeness (QED) is 0.821. The van der Waals surface area contributed by atoms with Crippen molar-refractivity contribution in [3.05, 3.63) is 59.9 Å². The second-order valence-electron chi connectivity index (χ2n) is 5.13. The monoisotopic (exact) mass is 357 g/mol. The molecular formula is C15H16FNO4S2. The molecule has 2 aromatic rings. The summed E-state index contributed by atoms with van der Waals surface area (Å²) < 4.78 is 61.7. The maximum atomic E-state index is 12.9. The number of benzene rings is 2. The zero-order valence-corrected chi connectivity index (χ0v) is 14.2. The van der Waals surface area contributed by atoms with Crippen molar-refractivity contribution in [3.63, 3.8) is 0 Å². The van der Waals surface area contributed by atoms with Gasteiger partial charge in [0.15, 0.2) is 9.84 Å². The molecule has 2 aromatic carbocycles. The van der Waals surface area contributed by atoms with E-state index in [0.29, 0.717) is 5.56 Å². The van der Waals surface area contributed by atoms with Crippen LogP contribution in [-0.4, -0.2) is 34.4 Å². The minimum Gasteiger partial charge on any atom is -0.224 e. The van der Waals surface area contributed by atoms with Crippen LogP contribution in [-0.2, 0) is 26.4 Å². The molecule has 0 unspecified atom stereocenters. The van der Waals surface area contributed by atoms with Gasteiger partial charge in [0.1, 0.15) is 5.82 Å². The van der Waals surface area contributed by atoms with Gasteiger partial charge in [-0.1, -0.05) is 12.1 Å². The third kappa shape index (κ3) is 4.15. The Morgan fingerprint density at radius 1 is 0.870 bits per heavy atom. The smallest absolute Gasteiger partial charge is 0.224 e. The molecule has 0 aromatic heterocycles. The maximum absolute atomic E-state index is 12.9. The Hall–Kier alpha value is -1.77. The third-order valence-corrected chi connectivity index (χ3v) is 6.22. The molecule has 124 valence electrons. The van der Waals surface area contributed by atoms with Crippen LogP contribution in [0.15, 0.2) is 58.3 Å². The van der Waals surface area contributed by atoms with Crippen molar-refractivity contribution in [2.24, 2.45) is 0 Å². The lowest BCUT2D eigenvalue weighted by atomic mass is 10.2. The number of sulfone groups is 1. The highest BCUT2D eigenvalue weighted by Gasteiger charge is 2.21. The molecule has 0 atom stereocenters. The van der Waals surface area contributed by atoms with Gasteiger partial charge in [-0.25, -0.2) is 21.2 Å². The Bertz CT molecular complexity index is 889. The van der Waals surface area contributed by atoms with Crippen LogP contribution >= 0.6 is 0 Å². The molecule has 0 amide bonds. The minimum atomic E-state index is -3.76. The number of halogens is 1. The Balaban J connectivity index is 2.25. The summed E-state index contributed by atoms with van der Waals surface area (Å²) in [5.74, 6) is -0.393. The summed E-state index contributed by atoms with van der Waals surface area (Å²) in [7, 11) is -5.74. The van der Waals surface area contributed by atoms with Crippen molar-refractivity contribution in [1.82, 2.24) is 4.31 Å². The van der Waals surface area contributed by atoms with Crippen molar-refractivity contribution in [1.29, 1.82) is 0 Å². The predicted octanol–water partition coefficient (Wildman–Crippen LogP) is 2.05. The van der Waals surface area contributed by atoms with Gasteiger partial charge in [-0.2, -0.15) is 4.31 Å². The van der Waals surface area contributed by atoms with E-state index in [1.165, 1.54) is 55.6 Å². The van der Waals surface area contributed by atoms with Gasteiger partial charge in [0.05, 0.1) is 9.79 Å². The lowest BCUT2D eigenvalue weighted by Crippen LogP contribution is -2.26. The van der Waals surface area contributed by atoms with Crippen LogP contribution in [0, 0.1) is 5.82 Å². The van der Waals surface area contributed by atoms with Gasteiger partial charge in [0.2, 0.25) is 10.0 Å². The van der Waals surface area contributed by atoms with Gasteiger partial charge in [-0.15, -0.1) is 0 Å². The van der Waals surface area contributed by atoms with Crippen LogP contribution in [0.3, 0.4) is 0 Å². The van der Waals surface area contributed by atoms with Crippen molar-refractivity contribution in [3.8, 4) is 0 Å². The predicted molar refractivity (Wildman–Crippen MR) is 84.6 cm³/mol. The van der Waals surface area contributed by atoms with Crippen LogP contribution in [0.2, 0.25) is 0 Å². The Morgan fingerprint density at radius 2 is 1.35 bits per heavy atom. The number of nitrogens with zero attached hydrogens (tertiary/aromatic N) is 1. The van der Waals surface area contributed by atoms with Gasteiger partial charge in [-0.3, -0.25) is 0 Å². The van der Waals surface area contributed by atoms with Gasteiger partial charge >= 0.3 is 0 Å². The fourth-order valence-corrected chi connectivity index (χ4v) is 3.76. The molecule has 0 saturated heterocycles. The zero-order valence-electron chi connectivity index (χ0n) is 12.6. The van der Waals surface area contributed by atoms with Crippen LogP contribution in [0.4, 0.5) is 4.39 Å². The lowest BCUT2D eigenvalue weighted by molar-refractivity contribution is 0.466. The van der Waals surface area contributed by atoms with Crippen LogP contribution in [0.1, 0.15) is 5.56 Å². The van der Waals surface area contributed by atoms with E-state index in [0.717, 1.165) is 10.6 Å². The molecule has 0 aliphatic heterocycles. The van der Waals surface area contributed by atoms with E-state index in [1.807, 2.05) is 0 Å². The van der Waals surface area contributed by atoms with E-state index < -0.39 is 25.7 Å². The van der Waals surface area contributed by atoms with Crippen molar-refractivity contribution in [2.75, 3.05) is 13.3 Å². The van der Waals surface area contributed by atoms with Gasteiger partial charge in [-0.05, 0) is 42.0 Å². The normalized spacial score (nSPS) is 12.5. The minimum absolute atomic E-state index is 0.00508. The first-order valence-electron chi connectivity index (χ1n) is 6.61. The topological polar surface area (TPSA) is 71.5 Å². The molecule has 0 heterocycles. The molecule has 0 aliphatic carbocycles. The van der Waals surface area contributed by atoms with E-state index >= 15 is 0 Å². The largest absolute Gasteiger partial charge is 0.243 e. The highest BCUT2D eigenvalue weighted by molar-refractivity contribution is 7.90. The Morgan fingerprint density at radius 3 is 1.83 bits per heavy atom. The van der Waals surface area contributed by atoms with Gasteiger partial charge in [0, 0.05) is 19.8 Å². The molecule has 23 heavy (non-hydrogen) atoms. The molecule has 0 bridgehead atoms. The average Bonchev–Trinajstić information content (AvgIpc) is 2.48. The van der Waals surface area contributed by atoms with E-state index in [4.69, 9.17) is 0 Å². The molecule has 0 saturated carbocycles. The standard InChI is InChI=1S/C15H16FNO4S2/c1-17(11-12-3-5-13(16)6-4-12)23(20,21)15-9-7-14(8-10-15)22(2,18)19/h3-10H,11H2,1-2H3. The molecular weight excluding hydrogens is 341 g/mol. The zero-order chi connectivity index (χ0) is 17.3. The van der Waals surface area contributed by atoms with E-state index in [9.17, 15) is 21.2 Å². The van der Waals surface area contributed by atoms with Crippen molar-refractivity contribution < 1.29 is 21.2 Å². The van der Waals surface area contributed by atoms with Crippen molar-refractivity contribution >= 4 is 19.9 Å². The van der Waals surface area contributed by atoms with Crippen LogP contribution in [0.5, 0.6) is 0 Å². The maximum Gasteiger partial charge on any atom is 0.243 e. The number of sulfonamides is 1. The number of hydrogen-bond donors (Lipinski definition) is 0. The van der Waals surface area contributed by atoms with E-state index in [2.05, 4.69) is 0 Å². The summed E-state index contributed by atoms with van der Waals surface area (Å²) in [4.78, 5) is 0.0483. The molecule has 8 heteroatoms. The first-order chi connectivity index (χ1) is 10.6. The van der Waals surface area contributed by atoms with E-state index in [-0.39, 0.29) is 16.3 Å². The summed E-state index contributed by atoms with van der Waals surface area (Å²) in [5, 5.41) is 0. The second-order valence-corrected chi connectivity index (χ2v) is 9.19. The fraction of sp³-hybridized carbons (Fsp3) is 0.200. The lowest BCUT2D eigenvalue weighted by Gasteiger charge is -2.17. The number of hydrogen-bond acceptors (Lipinski definition) is 4. The molecule has 5 nitrogen and oxygen atoms in total. The van der Waals surface area contributed by atoms with Gasteiger partial charge < -0.3 is 0 Å². The highest BCUT2D eigenvalue weighted by Crippen LogP contribution is 2.19. The summed E-state index contributed by atoms with van der Waals surface area (Å²) in [5.41, 5.74) is 0.644.